The quantitative estimate of drug-likeness (QED) is 0.818. The number of primary amides is 1. The van der Waals surface area contributed by atoms with E-state index in [1.807, 2.05) is 19.1 Å². The van der Waals surface area contributed by atoms with Crippen molar-refractivity contribution in [2.45, 2.75) is 13.5 Å². The van der Waals surface area contributed by atoms with E-state index in [-0.39, 0.29) is 6.79 Å². The van der Waals surface area contributed by atoms with E-state index >= 15 is 0 Å². The maximum atomic E-state index is 10.9. The molecule has 0 unspecified atom stereocenters. The Morgan fingerprint density at radius 3 is 2.69 bits per heavy atom. The van der Waals surface area contributed by atoms with Crippen molar-refractivity contribution < 1.29 is 14.3 Å². The minimum atomic E-state index is -0.447. The van der Waals surface area contributed by atoms with Crippen LogP contribution in [0.3, 0.4) is 0 Å². The molecule has 1 heterocycles. The zero-order chi connectivity index (χ0) is 11.7. The SMILES string of the molecule is Cc1cc2c(cc1CN(C)C(N)=O)OCO2. The van der Waals surface area contributed by atoms with Crippen LogP contribution in [0.1, 0.15) is 11.1 Å². The highest BCUT2D eigenvalue weighted by Crippen LogP contribution is 2.34. The van der Waals surface area contributed by atoms with Crippen molar-refractivity contribution in [3.63, 3.8) is 0 Å². The summed E-state index contributed by atoms with van der Waals surface area (Å²) in [6.45, 7) is 2.69. The Morgan fingerprint density at radius 2 is 2.06 bits per heavy atom. The van der Waals surface area contributed by atoms with E-state index in [0.29, 0.717) is 6.54 Å². The van der Waals surface area contributed by atoms with Gasteiger partial charge in [-0.05, 0) is 30.2 Å². The summed E-state index contributed by atoms with van der Waals surface area (Å²) in [4.78, 5) is 12.4. The third-order valence-corrected chi connectivity index (χ3v) is 2.61. The van der Waals surface area contributed by atoms with Gasteiger partial charge in [0.25, 0.3) is 0 Å². The fourth-order valence-corrected chi connectivity index (χ4v) is 1.59. The van der Waals surface area contributed by atoms with Crippen molar-refractivity contribution in [1.29, 1.82) is 0 Å². The topological polar surface area (TPSA) is 64.8 Å². The monoisotopic (exact) mass is 222 g/mol. The first-order valence-corrected chi connectivity index (χ1v) is 4.97. The first-order chi connectivity index (χ1) is 7.58. The molecule has 1 aliphatic heterocycles. The number of carbonyl (C=O) groups is 1. The molecule has 0 aromatic heterocycles. The van der Waals surface area contributed by atoms with Crippen molar-refractivity contribution in [2.75, 3.05) is 13.8 Å². The number of nitrogens with zero attached hydrogens (tertiary/aromatic N) is 1. The van der Waals surface area contributed by atoms with Gasteiger partial charge in [0, 0.05) is 13.6 Å². The third-order valence-electron chi connectivity index (χ3n) is 2.61. The molecule has 0 aliphatic carbocycles. The van der Waals surface area contributed by atoms with Gasteiger partial charge in [0.1, 0.15) is 0 Å². The van der Waals surface area contributed by atoms with Crippen molar-refractivity contribution in [3.8, 4) is 11.5 Å². The van der Waals surface area contributed by atoms with Gasteiger partial charge in [-0.25, -0.2) is 4.79 Å². The molecular formula is C11H14N2O3. The molecule has 5 heteroatoms. The lowest BCUT2D eigenvalue weighted by atomic mass is 10.1. The molecule has 0 bridgehead atoms. The third kappa shape index (κ3) is 1.88. The Bertz CT molecular complexity index is 431. The predicted octanol–water partition coefficient (Wildman–Crippen LogP) is 1.23. The Balaban J connectivity index is 2.25. The molecular weight excluding hydrogens is 208 g/mol. The summed E-state index contributed by atoms with van der Waals surface area (Å²) in [5, 5.41) is 0. The van der Waals surface area contributed by atoms with Gasteiger partial charge >= 0.3 is 6.03 Å². The standard InChI is InChI=1S/C11H14N2O3/c1-7-3-9-10(16-6-15-9)4-8(7)5-13(2)11(12)14/h3-4H,5-6H2,1-2H3,(H2,12,14). The average molecular weight is 222 g/mol. The summed E-state index contributed by atoms with van der Waals surface area (Å²) in [5.41, 5.74) is 7.24. The molecule has 2 rings (SSSR count). The second kappa shape index (κ2) is 3.92. The van der Waals surface area contributed by atoms with Crippen molar-refractivity contribution in [3.05, 3.63) is 23.3 Å². The second-order valence-corrected chi connectivity index (χ2v) is 3.83. The van der Waals surface area contributed by atoms with Gasteiger partial charge in [0.2, 0.25) is 6.79 Å². The van der Waals surface area contributed by atoms with Gasteiger partial charge < -0.3 is 20.1 Å². The van der Waals surface area contributed by atoms with Crippen LogP contribution in [0.25, 0.3) is 0 Å². The van der Waals surface area contributed by atoms with Gasteiger partial charge in [-0.3, -0.25) is 0 Å². The number of rotatable bonds is 2. The molecule has 16 heavy (non-hydrogen) atoms. The number of aryl methyl sites for hydroxylation is 1. The molecule has 0 saturated carbocycles. The van der Waals surface area contributed by atoms with E-state index in [1.165, 1.54) is 4.90 Å². The number of nitrogens with two attached hydrogens (primary N) is 1. The number of amides is 2. The van der Waals surface area contributed by atoms with E-state index in [0.717, 1.165) is 22.6 Å². The van der Waals surface area contributed by atoms with Crippen LogP contribution in [-0.4, -0.2) is 24.8 Å². The molecule has 86 valence electrons. The highest BCUT2D eigenvalue weighted by molar-refractivity contribution is 5.71. The smallest absolute Gasteiger partial charge is 0.314 e. The van der Waals surface area contributed by atoms with Crippen LogP contribution >= 0.6 is 0 Å². The number of carbonyl (C=O) groups excluding carboxylic acids is 1. The van der Waals surface area contributed by atoms with E-state index in [4.69, 9.17) is 15.2 Å². The van der Waals surface area contributed by atoms with Crippen LogP contribution in [-0.2, 0) is 6.54 Å². The van der Waals surface area contributed by atoms with Gasteiger partial charge in [-0.1, -0.05) is 0 Å². The summed E-state index contributed by atoms with van der Waals surface area (Å²) in [5.74, 6) is 1.47. The minimum Gasteiger partial charge on any atom is -0.454 e. The van der Waals surface area contributed by atoms with Crippen LogP contribution in [0, 0.1) is 6.92 Å². The molecule has 2 amide bonds. The number of fused-ring (bicyclic) bond motifs is 1. The first kappa shape index (κ1) is 10.6. The van der Waals surface area contributed by atoms with Crippen LogP contribution in [0.2, 0.25) is 0 Å². The van der Waals surface area contributed by atoms with Gasteiger partial charge in [0.15, 0.2) is 11.5 Å². The van der Waals surface area contributed by atoms with Crippen molar-refractivity contribution in [1.82, 2.24) is 4.90 Å². The van der Waals surface area contributed by atoms with E-state index in [9.17, 15) is 4.79 Å². The largest absolute Gasteiger partial charge is 0.454 e. The Kier molecular flexibility index (Phi) is 2.60. The lowest BCUT2D eigenvalue weighted by Gasteiger charge is -2.16. The van der Waals surface area contributed by atoms with E-state index < -0.39 is 6.03 Å². The van der Waals surface area contributed by atoms with Crippen LogP contribution in [0.15, 0.2) is 12.1 Å². The maximum absolute atomic E-state index is 10.9. The molecule has 1 aromatic carbocycles. The van der Waals surface area contributed by atoms with Crippen LogP contribution in [0.4, 0.5) is 4.79 Å². The maximum Gasteiger partial charge on any atom is 0.314 e. The number of ether oxygens (including phenoxy) is 2. The fraction of sp³-hybridized carbons (Fsp3) is 0.364. The number of urea groups is 1. The molecule has 5 nitrogen and oxygen atoms in total. The summed E-state index contributed by atoms with van der Waals surface area (Å²) < 4.78 is 10.5. The normalized spacial score (nSPS) is 12.6. The zero-order valence-electron chi connectivity index (χ0n) is 9.32. The summed E-state index contributed by atoms with van der Waals surface area (Å²) in [7, 11) is 1.66. The number of benzene rings is 1. The lowest BCUT2D eigenvalue weighted by molar-refractivity contribution is 0.174. The highest BCUT2D eigenvalue weighted by Gasteiger charge is 2.16. The summed E-state index contributed by atoms with van der Waals surface area (Å²) >= 11 is 0. The Labute approximate surface area is 93.7 Å². The van der Waals surface area contributed by atoms with Crippen molar-refractivity contribution in [2.24, 2.45) is 5.73 Å². The predicted molar refractivity (Wildman–Crippen MR) is 58.4 cm³/mol. The Hall–Kier alpha value is -1.91. The van der Waals surface area contributed by atoms with E-state index in [1.54, 1.807) is 7.05 Å². The zero-order valence-corrected chi connectivity index (χ0v) is 9.32. The Morgan fingerprint density at radius 1 is 1.44 bits per heavy atom. The average Bonchev–Trinajstić information content (AvgIpc) is 2.65. The first-order valence-electron chi connectivity index (χ1n) is 4.97. The van der Waals surface area contributed by atoms with Crippen molar-refractivity contribution >= 4 is 6.03 Å². The van der Waals surface area contributed by atoms with Gasteiger partial charge in [-0.2, -0.15) is 0 Å². The molecule has 1 aliphatic rings. The number of hydrogen-bond acceptors (Lipinski definition) is 3. The molecule has 0 atom stereocenters. The van der Waals surface area contributed by atoms with Crippen LogP contribution in [0.5, 0.6) is 11.5 Å². The highest BCUT2D eigenvalue weighted by atomic mass is 16.7. The summed E-state index contributed by atoms with van der Waals surface area (Å²) in [6, 6.07) is 3.35. The van der Waals surface area contributed by atoms with Gasteiger partial charge in [-0.15, -0.1) is 0 Å². The minimum absolute atomic E-state index is 0.254. The fourth-order valence-electron chi connectivity index (χ4n) is 1.59. The van der Waals surface area contributed by atoms with Crippen LogP contribution < -0.4 is 15.2 Å². The lowest BCUT2D eigenvalue weighted by Crippen LogP contribution is -2.31. The molecule has 0 spiro atoms. The molecule has 2 N–H and O–H groups in total. The molecule has 0 radical (unpaired) electrons. The number of hydrogen-bond donors (Lipinski definition) is 1. The van der Waals surface area contributed by atoms with E-state index in [2.05, 4.69) is 0 Å². The second-order valence-electron chi connectivity index (χ2n) is 3.83. The molecule has 0 saturated heterocycles. The molecule has 0 fully saturated rings. The summed E-state index contributed by atoms with van der Waals surface area (Å²) in [6.07, 6.45) is 0. The van der Waals surface area contributed by atoms with Gasteiger partial charge in [0.05, 0.1) is 0 Å². The molecule has 1 aromatic rings.